The standard InChI is InChI=1S/C32H31N5O6/c38-29(26-17-10-18-27(20-26)42-21-24-13-6-2-7-14-24)34-36-31(40)37-35-30(39)28(19-23-11-4-1-5-12-23)33-32(41)43-22-25-15-8-3-9-16-25/h1-18,20,28H,19,21-22H2,(H,33,41)(H,34,38)(H,35,39)(H2,36,37,40). The molecule has 0 aromatic heterocycles. The molecule has 0 heterocycles. The van der Waals surface area contributed by atoms with Crippen LogP contribution in [0.15, 0.2) is 115 Å². The molecule has 4 rings (SSSR count). The van der Waals surface area contributed by atoms with Gasteiger partial charge in [0.05, 0.1) is 0 Å². The first-order valence-electron chi connectivity index (χ1n) is 13.4. The van der Waals surface area contributed by atoms with Gasteiger partial charge in [-0.3, -0.25) is 20.4 Å². The smallest absolute Gasteiger partial charge is 0.408 e. The van der Waals surface area contributed by atoms with Gasteiger partial charge in [0, 0.05) is 12.0 Å². The van der Waals surface area contributed by atoms with E-state index < -0.39 is 30.0 Å². The van der Waals surface area contributed by atoms with Crippen LogP contribution in [-0.2, 0) is 29.2 Å². The second-order valence-electron chi connectivity index (χ2n) is 9.27. The van der Waals surface area contributed by atoms with Gasteiger partial charge in [0.1, 0.15) is 25.0 Å². The molecule has 0 aliphatic heterocycles. The molecule has 43 heavy (non-hydrogen) atoms. The number of benzene rings is 4. The number of carbonyl (C=O) groups is 4. The fourth-order valence-electron chi connectivity index (χ4n) is 3.86. The number of hydrogen-bond donors (Lipinski definition) is 5. The summed E-state index contributed by atoms with van der Waals surface area (Å²) < 4.78 is 11.0. The largest absolute Gasteiger partial charge is 0.489 e. The van der Waals surface area contributed by atoms with E-state index in [1.54, 1.807) is 54.6 Å². The first kappa shape index (κ1) is 30.1. The second-order valence-corrected chi connectivity index (χ2v) is 9.27. The molecule has 0 fully saturated rings. The number of urea groups is 1. The van der Waals surface area contributed by atoms with Crippen molar-refractivity contribution in [3.63, 3.8) is 0 Å². The summed E-state index contributed by atoms with van der Waals surface area (Å²) in [7, 11) is 0. The van der Waals surface area contributed by atoms with E-state index in [0.29, 0.717) is 12.4 Å². The minimum Gasteiger partial charge on any atom is -0.489 e. The number of alkyl carbamates (subject to hydrolysis) is 1. The van der Waals surface area contributed by atoms with E-state index in [4.69, 9.17) is 9.47 Å². The lowest BCUT2D eigenvalue weighted by atomic mass is 10.1. The van der Waals surface area contributed by atoms with E-state index in [1.807, 2.05) is 54.6 Å². The van der Waals surface area contributed by atoms with Crippen LogP contribution in [0.2, 0.25) is 0 Å². The van der Waals surface area contributed by atoms with Crippen molar-refractivity contribution in [2.45, 2.75) is 25.7 Å². The van der Waals surface area contributed by atoms with Gasteiger partial charge in [-0.2, -0.15) is 0 Å². The summed E-state index contributed by atoms with van der Waals surface area (Å²) in [5, 5.41) is 2.53. The van der Waals surface area contributed by atoms with Gasteiger partial charge in [-0.25, -0.2) is 20.4 Å². The summed E-state index contributed by atoms with van der Waals surface area (Å²) in [4.78, 5) is 50.2. The molecule has 0 aliphatic carbocycles. The lowest BCUT2D eigenvalue weighted by molar-refractivity contribution is -0.123. The van der Waals surface area contributed by atoms with Crippen molar-refractivity contribution in [3.05, 3.63) is 138 Å². The molecule has 0 spiro atoms. The maximum atomic E-state index is 12.9. The highest BCUT2D eigenvalue weighted by Crippen LogP contribution is 2.15. The van der Waals surface area contributed by atoms with Gasteiger partial charge < -0.3 is 14.8 Å². The van der Waals surface area contributed by atoms with Crippen molar-refractivity contribution in [3.8, 4) is 5.75 Å². The molecule has 0 bridgehead atoms. The van der Waals surface area contributed by atoms with E-state index in [0.717, 1.165) is 16.7 Å². The molecular weight excluding hydrogens is 550 g/mol. The highest BCUT2D eigenvalue weighted by Gasteiger charge is 2.23. The Hall–Kier alpha value is -5.84. The minimum absolute atomic E-state index is 0.0226. The predicted molar refractivity (Wildman–Crippen MR) is 158 cm³/mol. The van der Waals surface area contributed by atoms with Crippen LogP contribution in [0.3, 0.4) is 0 Å². The molecule has 0 aliphatic rings. The Morgan fingerprint density at radius 3 is 1.84 bits per heavy atom. The summed E-state index contributed by atoms with van der Waals surface area (Å²) in [5.41, 5.74) is 11.6. The Labute approximate surface area is 248 Å². The molecular formula is C32H31N5O6. The summed E-state index contributed by atoms with van der Waals surface area (Å²) in [5.74, 6) is -0.825. The van der Waals surface area contributed by atoms with Crippen LogP contribution >= 0.6 is 0 Å². The highest BCUT2D eigenvalue weighted by molar-refractivity contribution is 5.95. The third-order valence-electron chi connectivity index (χ3n) is 6.04. The van der Waals surface area contributed by atoms with Crippen LogP contribution in [0.1, 0.15) is 27.0 Å². The van der Waals surface area contributed by atoms with Gasteiger partial charge >= 0.3 is 12.1 Å². The van der Waals surface area contributed by atoms with Gasteiger partial charge in [-0.1, -0.05) is 97.1 Å². The van der Waals surface area contributed by atoms with Crippen molar-refractivity contribution in [1.82, 2.24) is 27.0 Å². The Bertz CT molecular complexity index is 1500. The van der Waals surface area contributed by atoms with Crippen LogP contribution in [0, 0.1) is 0 Å². The Balaban J connectivity index is 1.25. The molecule has 11 heteroatoms. The molecule has 220 valence electrons. The molecule has 0 saturated carbocycles. The van der Waals surface area contributed by atoms with Gasteiger partial charge in [0.25, 0.3) is 11.8 Å². The van der Waals surface area contributed by atoms with E-state index in [9.17, 15) is 19.2 Å². The second kappa shape index (κ2) is 15.8. The third kappa shape index (κ3) is 10.3. The van der Waals surface area contributed by atoms with Crippen LogP contribution < -0.4 is 31.8 Å². The molecule has 1 atom stereocenters. The minimum atomic E-state index is -1.07. The number of amides is 5. The number of rotatable bonds is 10. The van der Waals surface area contributed by atoms with Gasteiger partial charge in [-0.15, -0.1) is 0 Å². The fourth-order valence-corrected chi connectivity index (χ4v) is 3.86. The summed E-state index contributed by atoms with van der Waals surface area (Å²) in [6.07, 6.45) is -0.665. The average molecular weight is 582 g/mol. The van der Waals surface area contributed by atoms with Crippen molar-refractivity contribution in [1.29, 1.82) is 0 Å². The number of nitrogens with one attached hydrogen (secondary N) is 5. The Morgan fingerprint density at radius 2 is 1.19 bits per heavy atom. The first-order chi connectivity index (χ1) is 21.0. The lowest BCUT2D eigenvalue weighted by Gasteiger charge is -2.19. The summed E-state index contributed by atoms with van der Waals surface area (Å²) in [6.45, 7) is 0.353. The van der Waals surface area contributed by atoms with E-state index in [2.05, 4.69) is 27.0 Å². The number of carbonyl (C=O) groups excluding carboxylic acids is 4. The number of ether oxygens (including phenoxy) is 2. The monoisotopic (exact) mass is 581 g/mol. The summed E-state index contributed by atoms with van der Waals surface area (Å²) >= 11 is 0. The van der Waals surface area contributed by atoms with Crippen LogP contribution in [0.4, 0.5) is 9.59 Å². The molecule has 11 nitrogen and oxygen atoms in total. The zero-order valence-corrected chi connectivity index (χ0v) is 23.1. The molecule has 4 aromatic rings. The molecule has 0 saturated heterocycles. The zero-order valence-electron chi connectivity index (χ0n) is 23.1. The van der Waals surface area contributed by atoms with Gasteiger partial charge in [0.15, 0.2) is 0 Å². The maximum absolute atomic E-state index is 12.9. The van der Waals surface area contributed by atoms with Crippen molar-refractivity contribution in [2.24, 2.45) is 0 Å². The van der Waals surface area contributed by atoms with Crippen LogP contribution in [0.25, 0.3) is 0 Å². The number of hydrogen-bond acceptors (Lipinski definition) is 6. The van der Waals surface area contributed by atoms with Gasteiger partial charge in [0.2, 0.25) is 0 Å². The molecule has 5 N–H and O–H groups in total. The van der Waals surface area contributed by atoms with Crippen LogP contribution in [0.5, 0.6) is 5.75 Å². The topological polar surface area (TPSA) is 147 Å². The molecule has 5 amide bonds. The number of hydrazine groups is 2. The Morgan fingerprint density at radius 1 is 0.605 bits per heavy atom. The molecule has 1 unspecified atom stereocenters. The normalized spacial score (nSPS) is 10.9. The van der Waals surface area contributed by atoms with Crippen molar-refractivity contribution in [2.75, 3.05) is 0 Å². The Kier molecular flexibility index (Phi) is 11.1. The molecule has 4 aromatic carbocycles. The quantitative estimate of drug-likeness (QED) is 0.180. The van der Waals surface area contributed by atoms with Crippen molar-refractivity contribution >= 4 is 23.9 Å². The SMILES string of the molecule is O=C(NNC(=O)c1cccc(OCc2ccccc2)c1)NNC(=O)C(Cc1ccccc1)NC(=O)OCc1ccccc1. The van der Waals surface area contributed by atoms with Crippen molar-refractivity contribution < 1.29 is 28.7 Å². The average Bonchev–Trinajstić information content (AvgIpc) is 3.05. The van der Waals surface area contributed by atoms with E-state index in [-0.39, 0.29) is 18.6 Å². The lowest BCUT2D eigenvalue weighted by Crippen LogP contribution is -2.57. The third-order valence-corrected chi connectivity index (χ3v) is 6.04. The predicted octanol–water partition coefficient (Wildman–Crippen LogP) is 3.78. The van der Waals surface area contributed by atoms with E-state index in [1.165, 1.54) is 6.07 Å². The van der Waals surface area contributed by atoms with Crippen LogP contribution in [-0.4, -0.2) is 30.0 Å². The zero-order chi connectivity index (χ0) is 30.3. The first-order valence-corrected chi connectivity index (χ1v) is 13.4. The van der Waals surface area contributed by atoms with Gasteiger partial charge in [-0.05, 0) is 34.9 Å². The van der Waals surface area contributed by atoms with E-state index >= 15 is 0 Å². The molecule has 0 radical (unpaired) electrons. The fraction of sp³-hybridized carbons (Fsp3) is 0.125. The highest BCUT2D eigenvalue weighted by atomic mass is 16.5. The summed E-state index contributed by atoms with van der Waals surface area (Å²) in [6, 6.07) is 32.2. The maximum Gasteiger partial charge on any atom is 0.408 e.